The third-order valence-corrected chi connectivity index (χ3v) is 3.73. The van der Waals surface area contributed by atoms with Crippen LogP contribution in [0, 0.1) is 0 Å². The first-order chi connectivity index (χ1) is 9.64. The summed E-state index contributed by atoms with van der Waals surface area (Å²) >= 11 is 0. The highest BCUT2D eigenvalue weighted by molar-refractivity contribution is 5.40. The van der Waals surface area contributed by atoms with Crippen LogP contribution in [0.4, 0.5) is 5.95 Å². The van der Waals surface area contributed by atoms with Gasteiger partial charge in [0.15, 0.2) is 0 Å². The zero-order chi connectivity index (χ0) is 13.9. The number of imidazole rings is 1. The molecule has 9 heteroatoms. The van der Waals surface area contributed by atoms with Crippen LogP contribution in [-0.2, 0) is 15.3 Å². The van der Waals surface area contributed by atoms with E-state index in [4.69, 9.17) is 15.2 Å². The highest BCUT2D eigenvalue weighted by Gasteiger charge is 2.64. The number of rotatable bonds is 2. The average molecular weight is 279 g/mol. The molecule has 0 aliphatic carbocycles. The first kappa shape index (κ1) is 11.8. The second kappa shape index (κ2) is 3.78. The molecule has 3 unspecified atom stereocenters. The second-order valence-electron chi connectivity index (χ2n) is 4.99. The summed E-state index contributed by atoms with van der Waals surface area (Å²) in [6.45, 7) is -0.0787. The van der Waals surface area contributed by atoms with Gasteiger partial charge in [-0.3, -0.25) is 9.78 Å². The molecule has 0 amide bonds. The highest BCUT2D eigenvalue weighted by atomic mass is 16.8. The van der Waals surface area contributed by atoms with Gasteiger partial charge in [-0.15, -0.1) is 5.10 Å². The van der Waals surface area contributed by atoms with Crippen LogP contribution in [0.15, 0.2) is 11.0 Å². The number of aliphatic hydroxyl groups excluding tert-OH is 1. The predicted molar refractivity (Wildman–Crippen MR) is 65.8 cm³/mol. The van der Waals surface area contributed by atoms with Crippen LogP contribution >= 0.6 is 0 Å². The molecule has 2 aromatic heterocycles. The van der Waals surface area contributed by atoms with Crippen LogP contribution in [0.3, 0.4) is 0 Å². The average Bonchev–Trinajstić information content (AvgIpc) is 3.00. The summed E-state index contributed by atoms with van der Waals surface area (Å²) in [7, 11) is 0. The van der Waals surface area contributed by atoms with Gasteiger partial charge in [0, 0.05) is 0 Å². The number of nitrogens with one attached hydrogen (secondary N) is 1. The fourth-order valence-electron chi connectivity index (χ4n) is 2.73. The highest BCUT2D eigenvalue weighted by Crippen LogP contribution is 2.53. The Morgan fingerprint density at radius 2 is 2.40 bits per heavy atom. The molecule has 2 saturated heterocycles. The Kier molecular flexibility index (Phi) is 2.23. The van der Waals surface area contributed by atoms with Crippen molar-refractivity contribution in [2.75, 3.05) is 12.3 Å². The number of aromatic nitrogens is 4. The lowest BCUT2D eigenvalue weighted by atomic mass is 10.0. The molecule has 4 heterocycles. The summed E-state index contributed by atoms with van der Waals surface area (Å²) in [4.78, 5) is 18.2. The summed E-state index contributed by atoms with van der Waals surface area (Å²) < 4.78 is 12.8. The second-order valence-corrected chi connectivity index (χ2v) is 4.99. The van der Waals surface area contributed by atoms with Gasteiger partial charge in [-0.25, -0.2) is 9.50 Å². The van der Waals surface area contributed by atoms with Crippen LogP contribution < -0.4 is 11.3 Å². The van der Waals surface area contributed by atoms with Crippen LogP contribution in [-0.4, -0.2) is 43.5 Å². The molecule has 0 saturated carbocycles. The first-order valence-electron chi connectivity index (χ1n) is 6.34. The number of H-pyrrole nitrogens is 1. The molecule has 9 nitrogen and oxygen atoms in total. The van der Waals surface area contributed by atoms with Crippen LogP contribution in [0.5, 0.6) is 0 Å². The molecule has 2 fully saturated rings. The molecule has 3 atom stereocenters. The molecule has 2 aliphatic heterocycles. The lowest BCUT2D eigenvalue weighted by Crippen LogP contribution is -2.34. The molecule has 0 radical (unpaired) electrons. The molecule has 4 rings (SSSR count). The van der Waals surface area contributed by atoms with E-state index in [9.17, 15) is 9.90 Å². The quantitative estimate of drug-likeness (QED) is 0.583. The van der Waals surface area contributed by atoms with Crippen molar-refractivity contribution in [1.82, 2.24) is 19.6 Å². The fraction of sp³-hybridized carbons (Fsp3) is 0.545. The van der Waals surface area contributed by atoms with Gasteiger partial charge in [0.2, 0.25) is 17.4 Å². The summed E-state index contributed by atoms with van der Waals surface area (Å²) in [5.41, 5.74) is 5.79. The number of anilines is 1. The normalized spacial score (nSPS) is 32.2. The van der Waals surface area contributed by atoms with Gasteiger partial charge in [0.05, 0.1) is 18.9 Å². The topological polar surface area (TPSA) is 131 Å². The number of ether oxygens (including phenoxy) is 2. The number of nitrogens with zero attached hydrogens (tertiary/aromatic N) is 3. The number of epoxide rings is 1. The van der Waals surface area contributed by atoms with Crippen LogP contribution in [0.25, 0.3) is 5.65 Å². The SMILES string of the molecule is Nc1nn2c(C34OC(CO)CCC3O4)cnc2c(=O)[nH]1. The molecule has 2 aliphatic rings. The Bertz CT molecular complexity index is 740. The van der Waals surface area contributed by atoms with Gasteiger partial charge in [-0.1, -0.05) is 0 Å². The third kappa shape index (κ3) is 1.45. The lowest BCUT2D eigenvalue weighted by Gasteiger charge is -2.24. The van der Waals surface area contributed by atoms with Gasteiger partial charge in [-0.2, -0.15) is 0 Å². The zero-order valence-electron chi connectivity index (χ0n) is 10.4. The van der Waals surface area contributed by atoms with E-state index >= 15 is 0 Å². The number of nitrogens with two attached hydrogens (primary N) is 1. The molecule has 0 aromatic carbocycles. The van der Waals surface area contributed by atoms with E-state index in [0.717, 1.165) is 12.8 Å². The van der Waals surface area contributed by atoms with Crippen molar-refractivity contribution < 1.29 is 14.6 Å². The molecular formula is C11H13N5O4. The minimum Gasteiger partial charge on any atom is -0.394 e. The van der Waals surface area contributed by atoms with Gasteiger partial charge in [0.1, 0.15) is 11.8 Å². The standard InChI is InChI=1S/C11H13N5O4/c12-10-14-9(18)8-13-3-6(16(8)15-10)11-7(20-11)2-1-5(4-17)19-11/h3,5,7,17H,1-2,4H2,(H3,12,14,15,18). The molecule has 2 aromatic rings. The molecule has 0 bridgehead atoms. The summed E-state index contributed by atoms with van der Waals surface area (Å²) in [6, 6.07) is 0. The molecular weight excluding hydrogens is 266 g/mol. The number of hydrogen-bond acceptors (Lipinski definition) is 7. The fourth-order valence-corrected chi connectivity index (χ4v) is 2.73. The minimum atomic E-state index is -0.974. The summed E-state index contributed by atoms with van der Waals surface area (Å²) in [6.07, 6.45) is 2.61. The van der Waals surface area contributed by atoms with Crippen molar-refractivity contribution >= 4 is 11.6 Å². The number of aliphatic hydroxyl groups is 1. The smallest absolute Gasteiger partial charge is 0.295 e. The Labute approximate surface area is 112 Å². The van der Waals surface area contributed by atoms with Crippen LogP contribution in [0.2, 0.25) is 0 Å². The van der Waals surface area contributed by atoms with Crippen molar-refractivity contribution in [1.29, 1.82) is 0 Å². The lowest BCUT2D eigenvalue weighted by molar-refractivity contribution is -0.123. The van der Waals surface area contributed by atoms with Crippen molar-refractivity contribution in [3.8, 4) is 0 Å². The van der Waals surface area contributed by atoms with E-state index in [1.807, 2.05) is 0 Å². The van der Waals surface area contributed by atoms with Gasteiger partial charge >= 0.3 is 0 Å². The van der Waals surface area contributed by atoms with Crippen molar-refractivity contribution in [2.24, 2.45) is 0 Å². The Hall–Kier alpha value is -1.97. The molecule has 20 heavy (non-hydrogen) atoms. The Balaban J connectivity index is 1.85. The van der Waals surface area contributed by atoms with E-state index < -0.39 is 11.3 Å². The summed E-state index contributed by atoms with van der Waals surface area (Å²) in [5, 5.41) is 13.3. The van der Waals surface area contributed by atoms with Gasteiger partial charge in [0.25, 0.3) is 5.56 Å². The Morgan fingerprint density at radius 3 is 3.20 bits per heavy atom. The number of nitrogen functional groups attached to an aromatic ring is 1. The monoisotopic (exact) mass is 279 g/mol. The van der Waals surface area contributed by atoms with Crippen LogP contribution in [0.1, 0.15) is 18.5 Å². The van der Waals surface area contributed by atoms with E-state index in [-0.39, 0.29) is 30.4 Å². The van der Waals surface area contributed by atoms with Gasteiger partial charge in [-0.05, 0) is 12.8 Å². The zero-order valence-corrected chi connectivity index (χ0v) is 10.4. The Morgan fingerprint density at radius 1 is 1.55 bits per heavy atom. The maximum atomic E-state index is 11.8. The maximum absolute atomic E-state index is 11.8. The molecule has 4 N–H and O–H groups in total. The molecule has 0 spiro atoms. The van der Waals surface area contributed by atoms with Crippen molar-refractivity contribution in [3.63, 3.8) is 0 Å². The van der Waals surface area contributed by atoms with E-state index in [0.29, 0.717) is 5.69 Å². The third-order valence-electron chi connectivity index (χ3n) is 3.73. The molecule has 106 valence electrons. The number of aromatic amines is 1. The summed E-state index contributed by atoms with van der Waals surface area (Å²) in [5.74, 6) is -0.983. The minimum absolute atomic E-state index is 0.00938. The van der Waals surface area contributed by atoms with E-state index in [2.05, 4.69) is 15.1 Å². The van der Waals surface area contributed by atoms with E-state index in [1.54, 1.807) is 0 Å². The largest absolute Gasteiger partial charge is 0.394 e. The maximum Gasteiger partial charge on any atom is 0.295 e. The first-order valence-corrected chi connectivity index (χ1v) is 6.34. The predicted octanol–water partition coefficient (Wildman–Crippen LogP) is -1.28. The van der Waals surface area contributed by atoms with Crippen molar-refractivity contribution in [2.45, 2.75) is 30.8 Å². The number of fused-ring (bicyclic) bond motifs is 2. The van der Waals surface area contributed by atoms with Crippen molar-refractivity contribution in [3.05, 3.63) is 22.2 Å². The van der Waals surface area contributed by atoms with Gasteiger partial charge < -0.3 is 20.3 Å². The number of hydrogen-bond donors (Lipinski definition) is 3. The van der Waals surface area contributed by atoms with E-state index in [1.165, 1.54) is 10.7 Å².